The molecule has 5 heteroatoms. The van der Waals surface area contributed by atoms with Gasteiger partial charge in [0.05, 0.1) is 17.5 Å². The van der Waals surface area contributed by atoms with E-state index in [1.165, 1.54) is 11.3 Å². The maximum atomic E-state index is 12.4. The Morgan fingerprint density at radius 1 is 1.47 bits per heavy atom. The van der Waals surface area contributed by atoms with Crippen molar-refractivity contribution in [1.29, 1.82) is 0 Å². The molecule has 1 saturated heterocycles. The fourth-order valence-electron chi connectivity index (χ4n) is 2.33. The maximum absolute atomic E-state index is 12.4. The summed E-state index contributed by atoms with van der Waals surface area (Å²) in [5, 5.41) is 1.03. The molecular weight excluding hydrogens is 260 g/mol. The van der Waals surface area contributed by atoms with Crippen molar-refractivity contribution in [1.82, 2.24) is 4.90 Å². The lowest BCUT2D eigenvalue weighted by molar-refractivity contribution is 0.0716. The average molecular weight is 276 g/mol. The molecule has 1 aliphatic heterocycles. The van der Waals surface area contributed by atoms with Gasteiger partial charge in [-0.2, -0.15) is 0 Å². The third-order valence-corrected chi connectivity index (χ3v) is 4.63. The van der Waals surface area contributed by atoms with Gasteiger partial charge in [0.15, 0.2) is 0 Å². The van der Waals surface area contributed by atoms with Crippen LogP contribution in [0.15, 0.2) is 24.3 Å². The highest BCUT2D eigenvalue weighted by atomic mass is 32.1. The second-order valence-electron chi connectivity index (χ2n) is 4.84. The van der Waals surface area contributed by atoms with Crippen molar-refractivity contribution in [3.8, 4) is 0 Å². The zero-order valence-electron chi connectivity index (χ0n) is 10.8. The monoisotopic (exact) mass is 276 g/mol. The number of anilines is 1. The molecule has 19 heavy (non-hydrogen) atoms. The van der Waals surface area contributed by atoms with E-state index < -0.39 is 0 Å². The summed E-state index contributed by atoms with van der Waals surface area (Å²) in [5.74, 6) is 0.0651. The summed E-state index contributed by atoms with van der Waals surface area (Å²) in [6.45, 7) is 1.38. The van der Waals surface area contributed by atoms with Crippen LogP contribution < -0.4 is 5.73 Å². The molecule has 1 atom stereocenters. The maximum Gasteiger partial charge on any atom is 0.264 e. The first-order valence-electron chi connectivity index (χ1n) is 6.29. The number of nitrogens with zero attached hydrogens (tertiary/aromatic N) is 1. The van der Waals surface area contributed by atoms with Crippen LogP contribution in [0.4, 0.5) is 5.69 Å². The Bertz CT molecular complexity index is 617. The van der Waals surface area contributed by atoms with Crippen LogP contribution in [0.5, 0.6) is 0 Å². The largest absolute Gasteiger partial charge is 0.399 e. The molecule has 0 radical (unpaired) electrons. The number of carbonyl (C=O) groups is 1. The summed E-state index contributed by atoms with van der Waals surface area (Å²) in [5.41, 5.74) is 6.49. The second-order valence-corrected chi connectivity index (χ2v) is 5.93. The zero-order chi connectivity index (χ0) is 13.4. The summed E-state index contributed by atoms with van der Waals surface area (Å²) in [7, 11) is 1.85. The number of thiophene rings is 1. The lowest BCUT2D eigenvalue weighted by atomic mass is 10.2. The van der Waals surface area contributed by atoms with Crippen molar-refractivity contribution in [3.05, 3.63) is 29.1 Å². The number of nitrogens with two attached hydrogens (primary N) is 1. The SMILES string of the molecule is CN(C(=O)c1cc2cc(N)ccc2s1)C1CCOC1. The fourth-order valence-corrected chi connectivity index (χ4v) is 3.36. The number of nitrogen functional groups attached to an aromatic ring is 1. The van der Waals surface area contributed by atoms with Crippen LogP contribution in [0, 0.1) is 0 Å². The van der Waals surface area contributed by atoms with E-state index in [9.17, 15) is 4.79 Å². The average Bonchev–Trinajstić information content (AvgIpc) is 3.05. The third kappa shape index (κ3) is 2.31. The highest BCUT2D eigenvalue weighted by molar-refractivity contribution is 7.20. The molecule has 4 nitrogen and oxygen atoms in total. The van der Waals surface area contributed by atoms with Crippen molar-refractivity contribution >= 4 is 33.0 Å². The van der Waals surface area contributed by atoms with Gasteiger partial charge in [-0.25, -0.2) is 0 Å². The second kappa shape index (κ2) is 4.83. The van der Waals surface area contributed by atoms with E-state index in [1.807, 2.05) is 31.3 Å². The number of amides is 1. The smallest absolute Gasteiger partial charge is 0.264 e. The van der Waals surface area contributed by atoms with E-state index in [2.05, 4.69) is 0 Å². The lowest BCUT2D eigenvalue weighted by Crippen LogP contribution is -2.36. The highest BCUT2D eigenvalue weighted by Gasteiger charge is 2.25. The Balaban J connectivity index is 1.88. The Hall–Kier alpha value is -1.59. The zero-order valence-corrected chi connectivity index (χ0v) is 11.6. The Labute approximate surface area is 115 Å². The number of ether oxygens (including phenoxy) is 1. The minimum absolute atomic E-state index is 0.0651. The molecule has 0 aliphatic carbocycles. The number of hydrogen-bond donors (Lipinski definition) is 1. The molecule has 2 N–H and O–H groups in total. The number of likely N-dealkylation sites (N-methyl/N-ethyl adjacent to an activating group) is 1. The first kappa shape index (κ1) is 12.4. The summed E-state index contributed by atoms with van der Waals surface area (Å²) in [6, 6.07) is 7.85. The van der Waals surface area contributed by atoms with E-state index in [4.69, 9.17) is 10.5 Å². The van der Waals surface area contributed by atoms with Gasteiger partial charge in [-0.1, -0.05) is 0 Å². The Morgan fingerprint density at radius 2 is 2.32 bits per heavy atom. The first-order valence-corrected chi connectivity index (χ1v) is 7.11. The standard InChI is InChI=1S/C14H16N2O2S/c1-16(11-4-5-18-8-11)14(17)13-7-9-6-10(15)2-3-12(9)19-13/h2-3,6-7,11H,4-5,8,15H2,1H3. The van der Waals surface area contributed by atoms with Crippen molar-refractivity contribution in [3.63, 3.8) is 0 Å². The van der Waals surface area contributed by atoms with Gasteiger partial charge < -0.3 is 15.4 Å². The minimum atomic E-state index is 0.0651. The molecule has 1 aliphatic rings. The highest BCUT2D eigenvalue weighted by Crippen LogP contribution is 2.28. The van der Waals surface area contributed by atoms with E-state index >= 15 is 0 Å². The fraction of sp³-hybridized carbons (Fsp3) is 0.357. The summed E-state index contributed by atoms with van der Waals surface area (Å²) in [6.07, 6.45) is 0.917. The molecule has 1 aromatic carbocycles. The van der Waals surface area contributed by atoms with Gasteiger partial charge in [0, 0.05) is 24.0 Å². The van der Waals surface area contributed by atoms with Gasteiger partial charge in [-0.3, -0.25) is 4.79 Å². The predicted molar refractivity (Wildman–Crippen MR) is 77.6 cm³/mol. The molecular formula is C14H16N2O2S. The van der Waals surface area contributed by atoms with Crippen LogP contribution in [0.3, 0.4) is 0 Å². The Morgan fingerprint density at radius 3 is 3.05 bits per heavy atom. The van der Waals surface area contributed by atoms with Gasteiger partial charge in [0.25, 0.3) is 5.91 Å². The summed E-state index contributed by atoms with van der Waals surface area (Å²) >= 11 is 1.51. The van der Waals surface area contributed by atoms with E-state index in [0.717, 1.165) is 33.7 Å². The number of fused-ring (bicyclic) bond motifs is 1. The molecule has 0 spiro atoms. The molecule has 2 heterocycles. The Kier molecular flexibility index (Phi) is 3.16. The summed E-state index contributed by atoms with van der Waals surface area (Å²) < 4.78 is 6.42. The van der Waals surface area contributed by atoms with Crippen molar-refractivity contribution in [2.45, 2.75) is 12.5 Å². The van der Waals surface area contributed by atoms with Crippen LogP contribution in [0.25, 0.3) is 10.1 Å². The molecule has 3 rings (SSSR count). The van der Waals surface area contributed by atoms with Crippen LogP contribution in [0.2, 0.25) is 0 Å². The topological polar surface area (TPSA) is 55.6 Å². The normalized spacial score (nSPS) is 18.9. The number of rotatable bonds is 2. The van der Waals surface area contributed by atoms with Crippen molar-refractivity contribution in [2.75, 3.05) is 26.0 Å². The van der Waals surface area contributed by atoms with Crippen molar-refractivity contribution < 1.29 is 9.53 Å². The molecule has 1 unspecified atom stereocenters. The molecule has 1 amide bonds. The van der Waals surface area contributed by atoms with Crippen LogP contribution in [0.1, 0.15) is 16.1 Å². The molecule has 2 aromatic rings. The van der Waals surface area contributed by atoms with E-state index in [0.29, 0.717) is 6.61 Å². The van der Waals surface area contributed by atoms with Gasteiger partial charge >= 0.3 is 0 Å². The van der Waals surface area contributed by atoms with Crippen molar-refractivity contribution in [2.24, 2.45) is 0 Å². The van der Waals surface area contributed by atoms with E-state index in [-0.39, 0.29) is 11.9 Å². The molecule has 1 fully saturated rings. The number of hydrogen-bond acceptors (Lipinski definition) is 4. The molecule has 0 saturated carbocycles. The quantitative estimate of drug-likeness (QED) is 0.857. The van der Waals surface area contributed by atoms with E-state index in [1.54, 1.807) is 4.90 Å². The first-order chi connectivity index (χ1) is 9.15. The third-order valence-electron chi connectivity index (χ3n) is 3.52. The molecule has 1 aromatic heterocycles. The van der Waals surface area contributed by atoms with Crippen LogP contribution in [-0.2, 0) is 4.74 Å². The van der Waals surface area contributed by atoms with Crippen LogP contribution >= 0.6 is 11.3 Å². The lowest BCUT2D eigenvalue weighted by Gasteiger charge is -2.22. The van der Waals surface area contributed by atoms with Gasteiger partial charge in [0.1, 0.15) is 0 Å². The molecule has 0 bridgehead atoms. The van der Waals surface area contributed by atoms with Crippen LogP contribution in [-0.4, -0.2) is 37.1 Å². The molecule has 100 valence electrons. The van der Waals surface area contributed by atoms with Gasteiger partial charge in [-0.05, 0) is 36.1 Å². The van der Waals surface area contributed by atoms with Gasteiger partial charge in [0.2, 0.25) is 0 Å². The number of benzene rings is 1. The predicted octanol–water partition coefficient (Wildman–Crippen LogP) is 2.34. The summed E-state index contributed by atoms with van der Waals surface area (Å²) in [4.78, 5) is 15.0. The van der Waals surface area contributed by atoms with Gasteiger partial charge in [-0.15, -0.1) is 11.3 Å². The minimum Gasteiger partial charge on any atom is -0.399 e. The number of carbonyl (C=O) groups excluding carboxylic acids is 1.